The van der Waals surface area contributed by atoms with E-state index in [0.29, 0.717) is 22.4 Å². The van der Waals surface area contributed by atoms with Gasteiger partial charge in [0.05, 0.1) is 22.9 Å². The van der Waals surface area contributed by atoms with Gasteiger partial charge in [0.1, 0.15) is 12.3 Å². The number of aliphatic hydroxyl groups excluding tert-OH is 1. The summed E-state index contributed by atoms with van der Waals surface area (Å²) in [6, 6.07) is 1.32. The lowest BCUT2D eigenvalue weighted by atomic mass is 9.82. The van der Waals surface area contributed by atoms with E-state index in [1.807, 2.05) is 0 Å². The van der Waals surface area contributed by atoms with Crippen LogP contribution < -0.4 is 5.73 Å². The maximum absolute atomic E-state index is 12.5. The van der Waals surface area contributed by atoms with Gasteiger partial charge in [-0.3, -0.25) is 9.59 Å². The summed E-state index contributed by atoms with van der Waals surface area (Å²) in [4.78, 5) is 38.0. The standard InChI is InChI=1S/C17H18N2O5S/c1-3-4-24-17(23)14-10(9-5-12(15(18)21)25-7-9)6-11-13(8(2)20)16(22)19(11)14/h3,5,7-8,11,13,20H,1,4,6H2,2H3,(H2,18,21)/t8-,11-,13-/m1/s1. The summed E-state index contributed by atoms with van der Waals surface area (Å²) in [5.74, 6) is -2.02. The van der Waals surface area contributed by atoms with Crippen molar-refractivity contribution >= 4 is 34.7 Å². The van der Waals surface area contributed by atoms with Crippen molar-refractivity contribution in [1.82, 2.24) is 4.90 Å². The highest BCUT2D eigenvalue weighted by Gasteiger charge is 2.57. The van der Waals surface area contributed by atoms with Gasteiger partial charge >= 0.3 is 5.97 Å². The highest BCUT2D eigenvalue weighted by Crippen LogP contribution is 2.47. The van der Waals surface area contributed by atoms with Crippen LogP contribution in [-0.4, -0.2) is 46.5 Å². The van der Waals surface area contributed by atoms with Crippen LogP contribution >= 0.6 is 11.3 Å². The first-order chi connectivity index (χ1) is 11.9. The fourth-order valence-corrected chi connectivity index (χ4v) is 4.12. The molecular formula is C17H18N2O5S. The van der Waals surface area contributed by atoms with Gasteiger partial charge in [0, 0.05) is 0 Å². The average Bonchev–Trinajstić information content (AvgIpc) is 3.14. The Labute approximate surface area is 148 Å². The quantitative estimate of drug-likeness (QED) is 0.444. The summed E-state index contributed by atoms with van der Waals surface area (Å²) in [5.41, 5.74) is 6.75. The molecule has 3 N–H and O–H groups in total. The van der Waals surface area contributed by atoms with Crippen molar-refractivity contribution in [2.75, 3.05) is 6.61 Å². The zero-order chi connectivity index (χ0) is 18.3. The SMILES string of the molecule is C=CCOC(=O)C1=C(c2csc(C(N)=O)c2)C[C@@H]2[C@@H]([C@@H](C)O)C(=O)N12. The number of aliphatic hydroxyl groups is 1. The Morgan fingerprint density at radius 1 is 1.60 bits per heavy atom. The molecule has 3 atom stereocenters. The lowest BCUT2D eigenvalue weighted by molar-refractivity contribution is -0.162. The lowest BCUT2D eigenvalue weighted by Gasteiger charge is -2.44. The second kappa shape index (κ2) is 6.45. The molecule has 0 aromatic carbocycles. The molecule has 2 aliphatic rings. The molecule has 1 saturated heterocycles. The topological polar surface area (TPSA) is 110 Å². The third-order valence-corrected chi connectivity index (χ3v) is 5.39. The maximum atomic E-state index is 12.5. The van der Waals surface area contributed by atoms with Crippen LogP contribution in [0.3, 0.4) is 0 Å². The van der Waals surface area contributed by atoms with E-state index in [4.69, 9.17) is 10.5 Å². The van der Waals surface area contributed by atoms with Crippen LogP contribution in [0, 0.1) is 5.92 Å². The van der Waals surface area contributed by atoms with Gasteiger partial charge in [-0.25, -0.2) is 4.79 Å². The number of thiophene rings is 1. The number of primary amides is 1. The molecule has 132 valence electrons. The van der Waals surface area contributed by atoms with Crippen molar-refractivity contribution in [1.29, 1.82) is 0 Å². The number of nitrogens with zero attached hydrogens (tertiary/aromatic N) is 1. The Hall–Kier alpha value is -2.45. The van der Waals surface area contributed by atoms with Crippen molar-refractivity contribution in [2.45, 2.75) is 25.5 Å². The zero-order valence-electron chi connectivity index (χ0n) is 13.6. The second-order valence-corrected chi connectivity index (χ2v) is 6.94. The third-order valence-electron chi connectivity index (χ3n) is 4.44. The summed E-state index contributed by atoms with van der Waals surface area (Å²) in [6.45, 7) is 5.09. The summed E-state index contributed by atoms with van der Waals surface area (Å²) < 4.78 is 5.12. The van der Waals surface area contributed by atoms with E-state index in [0.717, 1.165) is 0 Å². The Bertz CT molecular complexity index is 795. The highest BCUT2D eigenvalue weighted by atomic mass is 32.1. The molecule has 2 amide bonds. The predicted octanol–water partition coefficient (Wildman–Crippen LogP) is 0.899. The second-order valence-electron chi connectivity index (χ2n) is 6.02. The average molecular weight is 362 g/mol. The monoisotopic (exact) mass is 362 g/mol. The molecule has 0 spiro atoms. The summed E-state index contributed by atoms with van der Waals surface area (Å²) in [5, 5.41) is 11.6. The Kier molecular flexibility index (Phi) is 4.49. The minimum absolute atomic E-state index is 0.0261. The molecule has 3 rings (SSSR count). The van der Waals surface area contributed by atoms with Gasteiger partial charge in [0.25, 0.3) is 5.91 Å². The largest absolute Gasteiger partial charge is 0.457 e. The first kappa shape index (κ1) is 17.4. The summed E-state index contributed by atoms with van der Waals surface area (Å²) >= 11 is 1.18. The Balaban J connectivity index is 2.00. The van der Waals surface area contributed by atoms with E-state index in [2.05, 4.69) is 6.58 Å². The number of hydrogen-bond donors (Lipinski definition) is 2. The van der Waals surface area contributed by atoms with Gasteiger partial charge in [-0.2, -0.15) is 0 Å². The van der Waals surface area contributed by atoms with Gasteiger partial charge in [-0.15, -0.1) is 11.3 Å². The van der Waals surface area contributed by atoms with Crippen LogP contribution in [0.1, 0.15) is 28.6 Å². The minimum Gasteiger partial charge on any atom is -0.457 e. The van der Waals surface area contributed by atoms with Gasteiger partial charge in [0.2, 0.25) is 5.91 Å². The molecule has 1 fully saturated rings. The summed E-state index contributed by atoms with van der Waals surface area (Å²) in [6.07, 6.45) is 1.05. The lowest BCUT2D eigenvalue weighted by Crippen LogP contribution is -2.61. The maximum Gasteiger partial charge on any atom is 0.355 e. The van der Waals surface area contributed by atoms with Crippen molar-refractivity contribution in [3.05, 3.63) is 40.2 Å². The number of esters is 1. The van der Waals surface area contributed by atoms with E-state index in [9.17, 15) is 19.5 Å². The normalized spacial score (nSPS) is 23.1. The molecule has 0 saturated carbocycles. The number of amides is 2. The van der Waals surface area contributed by atoms with E-state index < -0.39 is 23.9 Å². The first-order valence-electron chi connectivity index (χ1n) is 7.77. The zero-order valence-corrected chi connectivity index (χ0v) is 14.4. The first-order valence-corrected chi connectivity index (χ1v) is 8.65. The molecule has 2 aliphatic heterocycles. The Morgan fingerprint density at radius 3 is 2.88 bits per heavy atom. The third kappa shape index (κ3) is 2.77. The summed E-state index contributed by atoms with van der Waals surface area (Å²) in [7, 11) is 0. The molecule has 25 heavy (non-hydrogen) atoms. The fraction of sp³-hybridized carbons (Fsp3) is 0.353. The number of carbonyl (C=O) groups is 3. The van der Waals surface area contributed by atoms with E-state index in [-0.39, 0.29) is 24.3 Å². The van der Waals surface area contributed by atoms with Crippen molar-refractivity contribution < 1.29 is 24.2 Å². The molecule has 8 heteroatoms. The van der Waals surface area contributed by atoms with E-state index >= 15 is 0 Å². The predicted molar refractivity (Wildman–Crippen MR) is 91.3 cm³/mol. The molecule has 0 radical (unpaired) electrons. The smallest absolute Gasteiger partial charge is 0.355 e. The van der Waals surface area contributed by atoms with Crippen LogP contribution in [0.25, 0.3) is 5.57 Å². The number of β-lactam (4-membered cyclic amide) rings is 1. The van der Waals surface area contributed by atoms with Crippen LogP contribution in [0.15, 0.2) is 29.8 Å². The minimum atomic E-state index is -0.804. The van der Waals surface area contributed by atoms with Crippen molar-refractivity contribution in [3.8, 4) is 0 Å². The van der Waals surface area contributed by atoms with Crippen molar-refractivity contribution in [2.24, 2.45) is 11.7 Å². The van der Waals surface area contributed by atoms with E-state index in [1.165, 1.54) is 22.3 Å². The molecule has 3 heterocycles. The molecule has 7 nitrogen and oxygen atoms in total. The van der Waals surface area contributed by atoms with Crippen LogP contribution in [-0.2, 0) is 14.3 Å². The molecule has 1 aromatic heterocycles. The van der Waals surface area contributed by atoms with Crippen molar-refractivity contribution in [3.63, 3.8) is 0 Å². The number of hydrogen-bond acceptors (Lipinski definition) is 6. The Morgan fingerprint density at radius 2 is 2.32 bits per heavy atom. The van der Waals surface area contributed by atoms with Crippen LogP contribution in [0.4, 0.5) is 0 Å². The highest BCUT2D eigenvalue weighted by molar-refractivity contribution is 7.12. The molecule has 0 aliphatic carbocycles. The van der Waals surface area contributed by atoms with Gasteiger partial charge in [0.15, 0.2) is 0 Å². The van der Waals surface area contributed by atoms with Gasteiger partial charge in [-0.1, -0.05) is 12.7 Å². The number of nitrogens with two attached hydrogens (primary N) is 1. The van der Waals surface area contributed by atoms with E-state index in [1.54, 1.807) is 18.4 Å². The number of fused-ring (bicyclic) bond motifs is 1. The van der Waals surface area contributed by atoms with Gasteiger partial charge < -0.3 is 20.5 Å². The van der Waals surface area contributed by atoms with Crippen LogP contribution in [0.5, 0.6) is 0 Å². The molecular weight excluding hydrogens is 344 g/mol. The number of ether oxygens (including phenoxy) is 1. The molecule has 1 aromatic rings. The molecule has 0 bridgehead atoms. The number of rotatable bonds is 6. The fourth-order valence-electron chi connectivity index (χ4n) is 3.34. The number of carbonyl (C=O) groups excluding carboxylic acids is 3. The van der Waals surface area contributed by atoms with Gasteiger partial charge in [-0.05, 0) is 35.9 Å². The van der Waals surface area contributed by atoms with Crippen LogP contribution in [0.2, 0.25) is 0 Å². The molecule has 0 unspecified atom stereocenters.